The number of hydrogen-bond donors (Lipinski definition) is 1. The first kappa shape index (κ1) is 21.1. The largest absolute Gasteiger partial charge is 0.467 e. The molecular formula is C25H23N3O4. The Morgan fingerprint density at radius 2 is 1.81 bits per heavy atom. The van der Waals surface area contributed by atoms with E-state index in [1.54, 1.807) is 23.0 Å². The van der Waals surface area contributed by atoms with Crippen LogP contribution in [0.4, 0.5) is 0 Å². The van der Waals surface area contributed by atoms with Crippen molar-refractivity contribution < 1.29 is 18.7 Å². The molecule has 0 aliphatic heterocycles. The van der Waals surface area contributed by atoms with E-state index in [9.17, 15) is 9.59 Å². The molecule has 2 aromatic heterocycles. The minimum atomic E-state index is -0.983. The van der Waals surface area contributed by atoms with Crippen LogP contribution in [0.5, 0.6) is 0 Å². The highest BCUT2D eigenvalue weighted by molar-refractivity contribution is 5.97. The van der Waals surface area contributed by atoms with Crippen molar-refractivity contribution in [1.82, 2.24) is 15.1 Å². The van der Waals surface area contributed by atoms with Crippen LogP contribution in [-0.4, -0.2) is 27.8 Å². The fraction of sp³-hybridized carbons (Fsp3) is 0.160. The highest BCUT2D eigenvalue weighted by Gasteiger charge is 2.24. The third-order valence-electron chi connectivity index (χ3n) is 4.95. The second kappa shape index (κ2) is 9.34. The molecule has 7 nitrogen and oxygen atoms in total. The van der Waals surface area contributed by atoms with Crippen molar-refractivity contribution in [2.24, 2.45) is 0 Å². The summed E-state index contributed by atoms with van der Waals surface area (Å²) in [5.41, 5.74) is 3.48. The van der Waals surface area contributed by atoms with Crippen LogP contribution in [0.15, 0.2) is 83.6 Å². The number of esters is 1. The molecule has 0 aliphatic rings. The summed E-state index contributed by atoms with van der Waals surface area (Å²) in [7, 11) is 0. The third kappa shape index (κ3) is 4.78. The maximum atomic E-state index is 13.0. The van der Waals surface area contributed by atoms with Gasteiger partial charge in [-0.25, -0.2) is 9.48 Å². The van der Waals surface area contributed by atoms with Crippen LogP contribution >= 0.6 is 0 Å². The Morgan fingerprint density at radius 3 is 2.50 bits per heavy atom. The van der Waals surface area contributed by atoms with Crippen molar-refractivity contribution in [3.63, 3.8) is 0 Å². The minimum Gasteiger partial charge on any atom is -0.467 e. The van der Waals surface area contributed by atoms with Crippen LogP contribution < -0.4 is 5.32 Å². The molecule has 0 aliphatic carbocycles. The predicted octanol–water partition coefficient (Wildman–Crippen LogP) is 4.30. The zero-order chi connectivity index (χ0) is 22.5. The monoisotopic (exact) mass is 429 g/mol. The lowest BCUT2D eigenvalue weighted by atomic mass is 10.1. The molecule has 1 unspecified atom stereocenters. The van der Waals surface area contributed by atoms with Crippen molar-refractivity contribution in [3.8, 4) is 16.9 Å². The fourth-order valence-corrected chi connectivity index (χ4v) is 3.17. The van der Waals surface area contributed by atoms with Crippen molar-refractivity contribution in [2.45, 2.75) is 26.5 Å². The van der Waals surface area contributed by atoms with Gasteiger partial charge in [0, 0.05) is 11.8 Å². The molecule has 0 bridgehead atoms. The van der Waals surface area contributed by atoms with E-state index in [4.69, 9.17) is 9.15 Å². The van der Waals surface area contributed by atoms with Crippen LogP contribution in [0.3, 0.4) is 0 Å². The zero-order valence-electron chi connectivity index (χ0n) is 17.8. The van der Waals surface area contributed by atoms with E-state index in [2.05, 4.69) is 10.4 Å². The molecule has 7 heteroatoms. The number of rotatable bonds is 7. The molecule has 0 saturated carbocycles. The van der Waals surface area contributed by atoms with E-state index < -0.39 is 18.0 Å². The summed E-state index contributed by atoms with van der Waals surface area (Å²) in [6.45, 7) is 3.75. The highest BCUT2D eigenvalue weighted by atomic mass is 16.5. The molecule has 2 heterocycles. The smallest absolute Gasteiger partial charge is 0.342 e. The van der Waals surface area contributed by atoms with Gasteiger partial charge in [0.2, 0.25) is 0 Å². The van der Waals surface area contributed by atoms with Gasteiger partial charge in [-0.2, -0.15) is 5.10 Å². The number of furan rings is 1. The normalized spacial score (nSPS) is 11.7. The Labute approximate surface area is 185 Å². The molecule has 0 spiro atoms. The van der Waals surface area contributed by atoms with Crippen molar-refractivity contribution in [1.29, 1.82) is 0 Å². The van der Waals surface area contributed by atoms with Gasteiger partial charge in [-0.05, 0) is 38.1 Å². The number of ether oxygens (including phenoxy) is 1. The van der Waals surface area contributed by atoms with Crippen LogP contribution in [0.1, 0.15) is 28.6 Å². The first-order chi connectivity index (χ1) is 15.5. The Kier molecular flexibility index (Phi) is 6.17. The Morgan fingerprint density at radius 1 is 1.06 bits per heavy atom. The van der Waals surface area contributed by atoms with Gasteiger partial charge in [0.15, 0.2) is 6.10 Å². The molecule has 4 aromatic rings. The quantitative estimate of drug-likeness (QED) is 0.443. The third-order valence-corrected chi connectivity index (χ3v) is 4.95. The van der Waals surface area contributed by atoms with Gasteiger partial charge in [-0.1, -0.05) is 48.0 Å². The molecule has 162 valence electrons. The summed E-state index contributed by atoms with van der Waals surface area (Å²) < 4.78 is 12.3. The predicted molar refractivity (Wildman–Crippen MR) is 119 cm³/mol. The lowest BCUT2D eigenvalue weighted by molar-refractivity contribution is -0.129. The average Bonchev–Trinajstić information content (AvgIpc) is 3.49. The molecule has 2 aromatic carbocycles. The molecular weight excluding hydrogens is 406 g/mol. The van der Waals surface area contributed by atoms with Gasteiger partial charge in [0.05, 0.1) is 18.5 Å². The molecule has 0 saturated heterocycles. The molecule has 0 fully saturated rings. The summed E-state index contributed by atoms with van der Waals surface area (Å²) >= 11 is 0. The van der Waals surface area contributed by atoms with E-state index in [-0.39, 0.29) is 12.1 Å². The highest BCUT2D eigenvalue weighted by Crippen LogP contribution is 2.25. The topological polar surface area (TPSA) is 86.4 Å². The number of nitrogens with one attached hydrogen (secondary N) is 1. The summed E-state index contributed by atoms with van der Waals surface area (Å²) in [5.74, 6) is -0.424. The van der Waals surface area contributed by atoms with Gasteiger partial charge in [0.1, 0.15) is 17.0 Å². The Balaban J connectivity index is 1.56. The summed E-state index contributed by atoms with van der Waals surface area (Å²) in [6, 6.07) is 20.7. The summed E-state index contributed by atoms with van der Waals surface area (Å²) in [4.78, 5) is 25.4. The fourth-order valence-electron chi connectivity index (χ4n) is 3.17. The first-order valence-corrected chi connectivity index (χ1v) is 10.2. The number of carbonyl (C=O) groups excluding carboxylic acids is 2. The molecule has 0 radical (unpaired) electrons. The number of nitrogens with zero attached hydrogens (tertiary/aromatic N) is 2. The molecule has 32 heavy (non-hydrogen) atoms. The van der Waals surface area contributed by atoms with E-state index >= 15 is 0 Å². The lowest BCUT2D eigenvalue weighted by Crippen LogP contribution is -2.35. The second-order valence-electron chi connectivity index (χ2n) is 7.38. The van der Waals surface area contributed by atoms with Gasteiger partial charge >= 0.3 is 5.97 Å². The van der Waals surface area contributed by atoms with E-state index in [1.165, 1.54) is 13.2 Å². The number of carbonyl (C=O) groups is 2. The summed E-state index contributed by atoms with van der Waals surface area (Å²) in [6.07, 6.45) is 2.17. The van der Waals surface area contributed by atoms with Gasteiger partial charge in [0.25, 0.3) is 5.91 Å². The Bertz CT molecular complexity index is 1200. The van der Waals surface area contributed by atoms with Crippen LogP contribution in [0.25, 0.3) is 16.9 Å². The maximum Gasteiger partial charge on any atom is 0.342 e. The van der Waals surface area contributed by atoms with Gasteiger partial charge < -0.3 is 14.5 Å². The van der Waals surface area contributed by atoms with Crippen LogP contribution in [-0.2, 0) is 16.1 Å². The zero-order valence-corrected chi connectivity index (χ0v) is 17.8. The second-order valence-corrected chi connectivity index (χ2v) is 7.38. The minimum absolute atomic E-state index is 0.217. The SMILES string of the molecule is Cc1ccc(-n2cc(C(=O)OC(C)C(=O)NCc3ccco3)c(-c3ccccc3)n2)cc1. The number of hydrogen-bond acceptors (Lipinski definition) is 5. The van der Waals surface area contributed by atoms with Crippen molar-refractivity contribution in [2.75, 3.05) is 0 Å². The lowest BCUT2D eigenvalue weighted by Gasteiger charge is -2.13. The van der Waals surface area contributed by atoms with E-state index in [0.29, 0.717) is 11.5 Å². The van der Waals surface area contributed by atoms with Gasteiger partial charge in [-0.3, -0.25) is 4.79 Å². The number of aryl methyl sites for hydroxylation is 1. The van der Waals surface area contributed by atoms with Crippen molar-refractivity contribution >= 4 is 11.9 Å². The van der Waals surface area contributed by atoms with Crippen molar-refractivity contribution in [3.05, 3.63) is 96.1 Å². The number of aromatic nitrogens is 2. The van der Waals surface area contributed by atoms with Crippen LogP contribution in [0, 0.1) is 6.92 Å². The summed E-state index contributed by atoms with van der Waals surface area (Å²) in [5, 5.41) is 7.32. The molecule has 1 atom stereocenters. The average molecular weight is 429 g/mol. The molecule has 1 N–H and O–H groups in total. The van der Waals surface area contributed by atoms with Crippen LogP contribution in [0.2, 0.25) is 0 Å². The first-order valence-electron chi connectivity index (χ1n) is 10.2. The number of benzene rings is 2. The van der Waals surface area contributed by atoms with Gasteiger partial charge in [-0.15, -0.1) is 0 Å². The standard InChI is InChI=1S/C25H23N3O4/c1-17-10-12-20(13-11-17)28-16-22(23(27-28)19-7-4-3-5-8-19)25(30)32-18(2)24(29)26-15-21-9-6-14-31-21/h3-14,16,18H,15H2,1-2H3,(H,26,29). The Hall–Kier alpha value is -4.13. The van der Waals surface area contributed by atoms with E-state index in [0.717, 1.165) is 16.8 Å². The number of amides is 1. The molecule has 4 rings (SSSR count). The molecule has 1 amide bonds. The maximum absolute atomic E-state index is 13.0. The van der Waals surface area contributed by atoms with E-state index in [1.807, 2.05) is 61.5 Å².